The smallest absolute Gasteiger partial charge is 0.0575 e. The Balaban J connectivity index is 1.93. The SMILES string of the molecule is NC1(C2CCCC2)CC(O)C1. The van der Waals surface area contributed by atoms with Gasteiger partial charge in [-0.15, -0.1) is 0 Å². The van der Waals surface area contributed by atoms with Crippen molar-refractivity contribution in [1.82, 2.24) is 0 Å². The van der Waals surface area contributed by atoms with Crippen LogP contribution in [-0.2, 0) is 0 Å². The van der Waals surface area contributed by atoms with E-state index in [0.29, 0.717) is 5.92 Å². The number of hydrogen-bond acceptors (Lipinski definition) is 2. The van der Waals surface area contributed by atoms with E-state index in [0.717, 1.165) is 12.8 Å². The highest BCUT2D eigenvalue weighted by molar-refractivity contribution is 5.04. The van der Waals surface area contributed by atoms with Gasteiger partial charge >= 0.3 is 0 Å². The van der Waals surface area contributed by atoms with E-state index in [1.54, 1.807) is 0 Å². The summed E-state index contributed by atoms with van der Waals surface area (Å²) in [4.78, 5) is 0. The fraction of sp³-hybridized carbons (Fsp3) is 1.00. The number of nitrogens with two attached hydrogens (primary N) is 1. The van der Waals surface area contributed by atoms with Crippen molar-refractivity contribution in [2.24, 2.45) is 11.7 Å². The molecule has 2 nitrogen and oxygen atoms in total. The molecule has 2 rings (SSSR count). The van der Waals surface area contributed by atoms with Crippen LogP contribution in [0.25, 0.3) is 0 Å². The van der Waals surface area contributed by atoms with Gasteiger partial charge in [0, 0.05) is 5.54 Å². The Morgan fingerprint density at radius 2 is 1.73 bits per heavy atom. The monoisotopic (exact) mass is 155 g/mol. The highest BCUT2D eigenvalue weighted by atomic mass is 16.3. The average Bonchev–Trinajstić information content (AvgIpc) is 2.34. The Labute approximate surface area is 67.8 Å². The highest BCUT2D eigenvalue weighted by Crippen LogP contribution is 2.43. The minimum atomic E-state index is -0.0967. The van der Waals surface area contributed by atoms with Crippen molar-refractivity contribution in [1.29, 1.82) is 0 Å². The number of aliphatic hydroxyl groups is 1. The van der Waals surface area contributed by atoms with Crippen LogP contribution in [0.1, 0.15) is 38.5 Å². The summed E-state index contributed by atoms with van der Waals surface area (Å²) in [6.07, 6.45) is 6.88. The second-order valence-corrected chi connectivity index (χ2v) is 4.28. The molecule has 3 N–H and O–H groups in total. The lowest BCUT2D eigenvalue weighted by Gasteiger charge is -2.46. The number of aliphatic hydroxyl groups excluding tert-OH is 1. The van der Waals surface area contributed by atoms with Gasteiger partial charge in [0.25, 0.3) is 0 Å². The van der Waals surface area contributed by atoms with Crippen molar-refractivity contribution in [3.05, 3.63) is 0 Å². The summed E-state index contributed by atoms with van der Waals surface area (Å²) in [5.41, 5.74) is 6.16. The fourth-order valence-corrected chi connectivity index (χ4v) is 2.65. The molecule has 0 aliphatic heterocycles. The maximum absolute atomic E-state index is 9.16. The Hall–Kier alpha value is -0.0800. The van der Waals surface area contributed by atoms with Crippen LogP contribution in [-0.4, -0.2) is 16.7 Å². The largest absolute Gasteiger partial charge is 0.393 e. The van der Waals surface area contributed by atoms with Crippen LogP contribution in [0.2, 0.25) is 0 Å². The van der Waals surface area contributed by atoms with E-state index in [-0.39, 0.29) is 11.6 Å². The van der Waals surface area contributed by atoms with E-state index in [9.17, 15) is 0 Å². The zero-order chi connectivity index (χ0) is 7.90. The Bertz CT molecular complexity index is 146. The normalized spacial score (nSPS) is 45.8. The molecule has 0 bridgehead atoms. The summed E-state index contributed by atoms with van der Waals surface area (Å²) in [5, 5.41) is 9.16. The molecule has 64 valence electrons. The molecule has 2 aliphatic carbocycles. The standard InChI is InChI=1S/C9H17NO/c10-9(5-8(11)6-9)7-3-1-2-4-7/h7-8,11H,1-6,10H2. The van der Waals surface area contributed by atoms with E-state index in [1.807, 2.05) is 0 Å². The van der Waals surface area contributed by atoms with E-state index < -0.39 is 0 Å². The lowest BCUT2D eigenvalue weighted by Crippen LogP contribution is -2.58. The molecule has 0 unspecified atom stereocenters. The van der Waals surface area contributed by atoms with E-state index >= 15 is 0 Å². The van der Waals surface area contributed by atoms with Crippen LogP contribution in [0.4, 0.5) is 0 Å². The summed E-state index contributed by atoms with van der Waals surface area (Å²) in [5.74, 6) is 0.714. The molecule has 2 aliphatic rings. The number of rotatable bonds is 1. The molecule has 2 heteroatoms. The van der Waals surface area contributed by atoms with Crippen LogP contribution < -0.4 is 5.73 Å². The van der Waals surface area contributed by atoms with Crippen LogP contribution in [0, 0.1) is 5.92 Å². The van der Waals surface area contributed by atoms with E-state index in [1.165, 1.54) is 25.7 Å². The summed E-state index contributed by atoms with van der Waals surface area (Å²) < 4.78 is 0. The molecule has 0 radical (unpaired) electrons. The first-order valence-electron chi connectivity index (χ1n) is 4.68. The Kier molecular flexibility index (Phi) is 1.69. The molecule has 0 spiro atoms. The topological polar surface area (TPSA) is 46.2 Å². The first-order valence-corrected chi connectivity index (χ1v) is 4.68. The van der Waals surface area contributed by atoms with Crippen molar-refractivity contribution in [2.75, 3.05) is 0 Å². The molecule has 2 fully saturated rings. The lowest BCUT2D eigenvalue weighted by molar-refractivity contribution is -0.00703. The molecule has 0 aromatic heterocycles. The second-order valence-electron chi connectivity index (χ2n) is 4.28. The Morgan fingerprint density at radius 3 is 2.18 bits per heavy atom. The molecule has 0 aromatic carbocycles. The predicted molar refractivity (Wildman–Crippen MR) is 44.1 cm³/mol. The molecular weight excluding hydrogens is 138 g/mol. The van der Waals surface area contributed by atoms with E-state index in [4.69, 9.17) is 10.8 Å². The van der Waals surface area contributed by atoms with Crippen molar-refractivity contribution in [3.63, 3.8) is 0 Å². The molecule has 0 aromatic rings. The van der Waals surface area contributed by atoms with Gasteiger partial charge in [0.2, 0.25) is 0 Å². The average molecular weight is 155 g/mol. The van der Waals surface area contributed by atoms with Crippen LogP contribution in [0.3, 0.4) is 0 Å². The summed E-state index contributed by atoms with van der Waals surface area (Å²) in [6, 6.07) is 0. The van der Waals surface area contributed by atoms with E-state index in [2.05, 4.69) is 0 Å². The first kappa shape index (κ1) is 7.56. The maximum atomic E-state index is 9.16. The minimum absolute atomic E-state index is 0.0237. The molecule has 11 heavy (non-hydrogen) atoms. The van der Waals surface area contributed by atoms with Crippen molar-refractivity contribution in [3.8, 4) is 0 Å². The molecule has 0 amide bonds. The highest BCUT2D eigenvalue weighted by Gasteiger charge is 2.46. The van der Waals surface area contributed by atoms with Crippen LogP contribution >= 0.6 is 0 Å². The molecule has 0 saturated heterocycles. The van der Waals surface area contributed by atoms with Gasteiger partial charge in [-0.05, 0) is 31.6 Å². The summed E-state index contributed by atoms with van der Waals surface area (Å²) in [6.45, 7) is 0. The quantitative estimate of drug-likeness (QED) is 0.594. The van der Waals surface area contributed by atoms with Gasteiger partial charge in [-0.3, -0.25) is 0 Å². The summed E-state index contributed by atoms with van der Waals surface area (Å²) >= 11 is 0. The van der Waals surface area contributed by atoms with Gasteiger partial charge in [0.05, 0.1) is 6.10 Å². The summed E-state index contributed by atoms with van der Waals surface area (Å²) in [7, 11) is 0. The van der Waals surface area contributed by atoms with Gasteiger partial charge in [0.15, 0.2) is 0 Å². The van der Waals surface area contributed by atoms with Gasteiger partial charge in [0.1, 0.15) is 0 Å². The van der Waals surface area contributed by atoms with Crippen molar-refractivity contribution < 1.29 is 5.11 Å². The predicted octanol–water partition coefficient (Wildman–Crippen LogP) is 1.03. The van der Waals surface area contributed by atoms with Crippen molar-refractivity contribution in [2.45, 2.75) is 50.2 Å². The molecular formula is C9H17NO. The first-order chi connectivity index (χ1) is 5.21. The molecule has 0 atom stereocenters. The second kappa shape index (κ2) is 2.46. The van der Waals surface area contributed by atoms with Gasteiger partial charge in [-0.25, -0.2) is 0 Å². The van der Waals surface area contributed by atoms with Gasteiger partial charge in [-0.2, -0.15) is 0 Å². The van der Waals surface area contributed by atoms with Gasteiger partial charge < -0.3 is 10.8 Å². The molecule has 2 saturated carbocycles. The van der Waals surface area contributed by atoms with Crippen molar-refractivity contribution >= 4 is 0 Å². The van der Waals surface area contributed by atoms with Crippen LogP contribution in [0.5, 0.6) is 0 Å². The van der Waals surface area contributed by atoms with Gasteiger partial charge in [-0.1, -0.05) is 12.8 Å². The maximum Gasteiger partial charge on any atom is 0.0575 e. The number of hydrogen-bond donors (Lipinski definition) is 2. The zero-order valence-electron chi connectivity index (χ0n) is 6.92. The molecule has 0 heterocycles. The van der Waals surface area contributed by atoms with Crippen LogP contribution in [0.15, 0.2) is 0 Å². The third-order valence-electron chi connectivity index (χ3n) is 3.40. The third-order valence-corrected chi connectivity index (χ3v) is 3.40. The fourth-order valence-electron chi connectivity index (χ4n) is 2.65. The third kappa shape index (κ3) is 1.18. The lowest BCUT2D eigenvalue weighted by atomic mass is 9.66. The zero-order valence-corrected chi connectivity index (χ0v) is 6.92. The minimum Gasteiger partial charge on any atom is -0.393 e. The Morgan fingerprint density at radius 1 is 1.18 bits per heavy atom.